The Bertz CT molecular complexity index is 266. The minimum atomic E-state index is -0.385. The van der Waals surface area contributed by atoms with Crippen LogP contribution in [-0.4, -0.2) is 29.9 Å². The summed E-state index contributed by atoms with van der Waals surface area (Å²) in [4.78, 5) is 12.8. The van der Waals surface area contributed by atoms with Crippen molar-refractivity contribution in [2.24, 2.45) is 5.73 Å². The lowest BCUT2D eigenvalue weighted by atomic mass is 10.1. The number of amides is 1. The number of hydrogen-bond donors (Lipinski definition) is 2. The fourth-order valence-corrected chi connectivity index (χ4v) is 1.66. The van der Waals surface area contributed by atoms with Gasteiger partial charge in [0.2, 0.25) is 5.91 Å². The van der Waals surface area contributed by atoms with Gasteiger partial charge in [0.1, 0.15) is 11.6 Å². The maximum Gasteiger partial charge on any atom is 0.219 e. The van der Waals surface area contributed by atoms with Gasteiger partial charge in [-0.3, -0.25) is 4.79 Å². The summed E-state index contributed by atoms with van der Waals surface area (Å²) in [6.07, 6.45) is 1.63. The van der Waals surface area contributed by atoms with Crippen molar-refractivity contribution < 1.29 is 9.18 Å². The fourth-order valence-electron chi connectivity index (χ4n) is 1.66. The Hall–Kier alpha value is -1.26. The van der Waals surface area contributed by atoms with Crippen LogP contribution in [0.5, 0.6) is 0 Å². The van der Waals surface area contributed by atoms with Gasteiger partial charge in [-0.15, -0.1) is 0 Å². The highest BCUT2D eigenvalue weighted by Gasteiger charge is 2.20. The number of rotatable bonds is 2. The van der Waals surface area contributed by atoms with Gasteiger partial charge in [-0.2, -0.15) is 0 Å². The fraction of sp³-hybridized carbons (Fsp3) is 0.700. The normalized spacial score (nSPS) is 19.8. The first kappa shape index (κ1) is 11.8. The molecule has 0 aliphatic carbocycles. The van der Waals surface area contributed by atoms with Crippen LogP contribution in [0.25, 0.3) is 0 Å². The van der Waals surface area contributed by atoms with Crippen molar-refractivity contribution in [2.75, 3.05) is 13.1 Å². The van der Waals surface area contributed by atoms with Crippen molar-refractivity contribution in [3.8, 4) is 0 Å². The number of hydrogen-bond acceptors (Lipinski definition) is 3. The molecule has 0 bridgehead atoms. The van der Waals surface area contributed by atoms with E-state index in [-0.39, 0.29) is 23.6 Å². The van der Waals surface area contributed by atoms with E-state index in [9.17, 15) is 9.18 Å². The molecule has 0 unspecified atom stereocenters. The molecule has 4 nitrogen and oxygen atoms in total. The predicted octanol–water partition coefficient (Wildman–Crippen LogP) is 0.704. The molecule has 0 atom stereocenters. The lowest BCUT2D eigenvalue weighted by Gasteiger charge is -2.32. The largest absolute Gasteiger partial charge is 0.383 e. The summed E-state index contributed by atoms with van der Waals surface area (Å²) in [5.41, 5.74) is 5.45. The summed E-state index contributed by atoms with van der Waals surface area (Å²) in [7, 11) is 0. The van der Waals surface area contributed by atoms with Gasteiger partial charge in [0.05, 0.1) is 0 Å². The highest BCUT2D eigenvalue weighted by atomic mass is 19.1. The second kappa shape index (κ2) is 5.00. The number of allylic oxidation sites excluding steroid dienone is 1. The van der Waals surface area contributed by atoms with E-state index < -0.39 is 0 Å². The molecule has 0 spiro atoms. The number of halogens is 1. The third kappa shape index (κ3) is 3.42. The zero-order valence-electron chi connectivity index (χ0n) is 9.22. The van der Waals surface area contributed by atoms with Gasteiger partial charge in [0, 0.05) is 26.1 Å². The summed E-state index contributed by atoms with van der Waals surface area (Å²) >= 11 is 0. The molecule has 1 rings (SSSR count). The molecule has 5 heteroatoms. The molecule has 0 saturated carbocycles. The summed E-state index contributed by atoms with van der Waals surface area (Å²) in [6, 6.07) is 0.172. The number of nitrogens with zero attached hydrogens (tertiary/aromatic N) is 1. The zero-order chi connectivity index (χ0) is 11.4. The van der Waals surface area contributed by atoms with Crippen molar-refractivity contribution in [3.63, 3.8) is 0 Å². The second-order valence-electron chi connectivity index (χ2n) is 3.87. The molecule has 0 aromatic heterocycles. The van der Waals surface area contributed by atoms with E-state index in [1.165, 1.54) is 6.92 Å². The maximum absolute atomic E-state index is 12.7. The van der Waals surface area contributed by atoms with Crippen molar-refractivity contribution in [3.05, 3.63) is 11.6 Å². The molecule has 1 fully saturated rings. The van der Waals surface area contributed by atoms with Crippen LogP contribution in [0.3, 0.4) is 0 Å². The molecule has 86 valence electrons. The van der Waals surface area contributed by atoms with E-state index in [1.807, 2.05) is 0 Å². The van der Waals surface area contributed by atoms with E-state index in [0.717, 1.165) is 12.8 Å². The maximum atomic E-state index is 12.7. The third-order valence-corrected chi connectivity index (χ3v) is 2.67. The Kier molecular flexibility index (Phi) is 3.94. The van der Waals surface area contributed by atoms with Crippen molar-refractivity contribution in [1.82, 2.24) is 10.2 Å². The quantitative estimate of drug-likeness (QED) is 0.713. The number of piperidine rings is 1. The predicted molar refractivity (Wildman–Crippen MR) is 56.4 cm³/mol. The zero-order valence-corrected chi connectivity index (χ0v) is 9.22. The molecule has 15 heavy (non-hydrogen) atoms. The SMILES string of the molecule is CC(=O)N1CCC(N/C(N)=C(/C)F)CC1. The van der Waals surface area contributed by atoms with E-state index in [0.29, 0.717) is 13.1 Å². The van der Waals surface area contributed by atoms with Crippen LogP contribution in [-0.2, 0) is 4.79 Å². The number of nitrogens with one attached hydrogen (secondary N) is 1. The Morgan fingerprint density at radius 2 is 1.93 bits per heavy atom. The Labute approximate surface area is 89.3 Å². The van der Waals surface area contributed by atoms with E-state index in [4.69, 9.17) is 5.73 Å². The first-order chi connectivity index (χ1) is 7.00. The lowest BCUT2D eigenvalue weighted by molar-refractivity contribution is -0.129. The van der Waals surface area contributed by atoms with Gasteiger partial charge >= 0.3 is 0 Å². The average molecular weight is 215 g/mol. The monoisotopic (exact) mass is 215 g/mol. The molecular weight excluding hydrogens is 197 g/mol. The highest BCUT2D eigenvalue weighted by molar-refractivity contribution is 5.73. The van der Waals surface area contributed by atoms with Gasteiger partial charge in [0.25, 0.3) is 0 Å². The standard InChI is InChI=1S/C10H18FN3O/c1-7(11)10(12)13-9-3-5-14(6-4-9)8(2)15/h9,13H,3-6,12H2,1-2H3/b10-7-. The Balaban J connectivity index is 2.38. The molecule has 1 amide bonds. The topological polar surface area (TPSA) is 58.4 Å². The third-order valence-electron chi connectivity index (χ3n) is 2.67. The van der Waals surface area contributed by atoms with Crippen LogP contribution in [0.4, 0.5) is 4.39 Å². The average Bonchev–Trinajstić information content (AvgIpc) is 2.18. The van der Waals surface area contributed by atoms with Crippen molar-refractivity contribution >= 4 is 5.91 Å². The van der Waals surface area contributed by atoms with Gasteiger partial charge < -0.3 is 16.0 Å². The number of carbonyl (C=O) groups is 1. The van der Waals surface area contributed by atoms with Crippen LogP contribution in [0, 0.1) is 0 Å². The lowest BCUT2D eigenvalue weighted by Crippen LogP contribution is -2.45. The number of likely N-dealkylation sites (tertiary alicyclic amines) is 1. The highest BCUT2D eigenvalue weighted by Crippen LogP contribution is 2.11. The Morgan fingerprint density at radius 1 is 1.40 bits per heavy atom. The first-order valence-electron chi connectivity index (χ1n) is 5.14. The van der Waals surface area contributed by atoms with Crippen LogP contribution in [0.15, 0.2) is 11.6 Å². The molecule has 3 N–H and O–H groups in total. The number of nitrogens with two attached hydrogens (primary N) is 1. The van der Waals surface area contributed by atoms with E-state index in [2.05, 4.69) is 5.32 Å². The molecule has 0 aromatic rings. The van der Waals surface area contributed by atoms with Gasteiger partial charge in [-0.05, 0) is 19.8 Å². The summed E-state index contributed by atoms with van der Waals surface area (Å²) in [5, 5.41) is 2.92. The van der Waals surface area contributed by atoms with Crippen LogP contribution in [0.1, 0.15) is 26.7 Å². The van der Waals surface area contributed by atoms with Crippen LogP contribution < -0.4 is 11.1 Å². The molecular formula is C10H18FN3O. The molecule has 1 aliphatic rings. The second-order valence-corrected chi connectivity index (χ2v) is 3.87. The van der Waals surface area contributed by atoms with Crippen LogP contribution >= 0.6 is 0 Å². The van der Waals surface area contributed by atoms with Gasteiger partial charge in [0.15, 0.2) is 0 Å². The minimum Gasteiger partial charge on any atom is -0.383 e. The smallest absolute Gasteiger partial charge is 0.219 e. The van der Waals surface area contributed by atoms with Gasteiger partial charge in [-0.25, -0.2) is 4.39 Å². The van der Waals surface area contributed by atoms with Crippen LogP contribution in [0.2, 0.25) is 0 Å². The summed E-state index contributed by atoms with van der Waals surface area (Å²) in [6.45, 7) is 4.32. The van der Waals surface area contributed by atoms with Gasteiger partial charge in [-0.1, -0.05) is 0 Å². The summed E-state index contributed by atoms with van der Waals surface area (Å²) in [5.74, 6) is -0.182. The molecule has 1 heterocycles. The number of carbonyl (C=O) groups excluding carboxylic acids is 1. The minimum absolute atomic E-state index is 0.0960. The molecule has 1 aliphatic heterocycles. The van der Waals surface area contributed by atoms with Crippen molar-refractivity contribution in [2.45, 2.75) is 32.7 Å². The van der Waals surface area contributed by atoms with E-state index in [1.54, 1.807) is 11.8 Å². The Morgan fingerprint density at radius 3 is 2.33 bits per heavy atom. The molecule has 0 radical (unpaired) electrons. The van der Waals surface area contributed by atoms with Crippen molar-refractivity contribution in [1.29, 1.82) is 0 Å². The molecule has 1 saturated heterocycles. The van der Waals surface area contributed by atoms with E-state index >= 15 is 0 Å². The summed E-state index contributed by atoms with van der Waals surface area (Å²) < 4.78 is 12.7. The first-order valence-corrected chi connectivity index (χ1v) is 5.14. The molecule has 0 aromatic carbocycles.